The third-order valence-corrected chi connectivity index (χ3v) is 8.91. The van der Waals surface area contributed by atoms with Crippen LogP contribution in [0.25, 0.3) is 0 Å². The van der Waals surface area contributed by atoms with E-state index in [0.717, 1.165) is 17.1 Å². The van der Waals surface area contributed by atoms with Crippen LogP contribution in [0.2, 0.25) is 5.02 Å². The van der Waals surface area contributed by atoms with E-state index >= 15 is 0 Å². The Labute approximate surface area is 247 Å². The first-order valence-corrected chi connectivity index (χ1v) is 15.6. The lowest BCUT2D eigenvalue weighted by atomic mass is 9.97. The third-order valence-electron chi connectivity index (χ3n) is 6.90. The zero-order valence-electron chi connectivity index (χ0n) is 21.8. The number of alkyl halides is 3. The average molecular weight is 645 g/mol. The van der Waals surface area contributed by atoms with Crippen LogP contribution in [0.1, 0.15) is 58.7 Å². The molecule has 0 aliphatic carbocycles. The smallest absolute Gasteiger partial charge is 0.421 e. The summed E-state index contributed by atoms with van der Waals surface area (Å²) in [5, 5.41) is 7.15. The number of hydrogen-bond donors (Lipinski definition) is 1. The molecule has 42 heavy (non-hydrogen) atoms. The number of carbonyl (C=O) groups is 1. The van der Waals surface area contributed by atoms with Gasteiger partial charge in [-0.05, 0) is 36.6 Å². The van der Waals surface area contributed by atoms with E-state index in [0.29, 0.717) is 59.9 Å². The molecule has 1 amide bonds. The van der Waals surface area contributed by atoms with Crippen LogP contribution in [-0.2, 0) is 31.7 Å². The number of amides is 1. The van der Waals surface area contributed by atoms with Crippen molar-refractivity contribution in [3.05, 3.63) is 74.3 Å². The monoisotopic (exact) mass is 644 g/mol. The fourth-order valence-electron chi connectivity index (χ4n) is 4.87. The molecule has 1 saturated heterocycles. The summed E-state index contributed by atoms with van der Waals surface area (Å²) in [7, 11) is -4.29. The Morgan fingerprint density at radius 2 is 1.98 bits per heavy atom. The predicted molar refractivity (Wildman–Crippen MR) is 147 cm³/mol. The van der Waals surface area contributed by atoms with Crippen LogP contribution in [0.4, 0.5) is 13.2 Å². The second-order valence-corrected chi connectivity index (χ2v) is 12.5. The molecule has 5 rings (SSSR count). The van der Waals surface area contributed by atoms with Crippen molar-refractivity contribution in [2.24, 2.45) is 5.16 Å². The van der Waals surface area contributed by atoms with Crippen molar-refractivity contribution in [3.8, 4) is 5.88 Å². The molecule has 0 saturated carbocycles. The molecule has 3 aromatic rings. The molecule has 1 fully saturated rings. The number of ether oxygens (including phenoxy) is 1. The molecular weight excluding hydrogens is 621 g/mol. The van der Waals surface area contributed by atoms with Gasteiger partial charge in [-0.2, -0.15) is 21.6 Å². The molecule has 224 valence electrons. The molecule has 0 spiro atoms. The first-order valence-electron chi connectivity index (χ1n) is 12.7. The van der Waals surface area contributed by atoms with Crippen LogP contribution in [0.5, 0.6) is 5.88 Å². The summed E-state index contributed by atoms with van der Waals surface area (Å²) in [4.78, 5) is 28.1. The highest BCUT2D eigenvalue weighted by Crippen LogP contribution is 2.38. The summed E-state index contributed by atoms with van der Waals surface area (Å²) in [6, 6.07) is 6.75. The molecule has 0 radical (unpaired) electrons. The molecule has 1 unspecified atom stereocenters. The number of piperidine rings is 1. The van der Waals surface area contributed by atoms with E-state index in [-0.39, 0.29) is 5.92 Å². The van der Waals surface area contributed by atoms with Crippen molar-refractivity contribution in [1.82, 2.24) is 14.9 Å². The highest BCUT2D eigenvalue weighted by atomic mass is 35.5. The van der Waals surface area contributed by atoms with E-state index in [1.165, 1.54) is 17.5 Å². The lowest BCUT2D eigenvalue weighted by Gasteiger charge is -2.31. The Hall–Kier alpha value is -3.27. The number of rotatable bonds is 8. The van der Waals surface area contributed by atoms with Gasteiger partial charge in [0.2, 0.25) is 5.88 Å². The molecule has 2 aromatic heterocycles. The van der Waals surface area contributed by atoms with Crippen molar-refractivity contribution < 1.29 is 40.5 Å². The van der Waals surface area contributed by atoms with Crippen molar-refractivity contribution in [3.63, 3.8) is 0 Å². The maximum Gasteiger partial charge on any atom is 0.421 e. The molecular formula is C26H24ClF3N4O6S2. The number of thiazole rings is 1. The SMILES string of the molecule is O=C(COc1ncccc1C(F)(F)F)N1CCC(c2nc(C3=NOC(c4c(Cl)cccc4CS(=O)(=O)O)C3)cs2)CC1. The summed E-state index contributed by atoms with van der Waals surface area (Å²) >= 11 is 7.79. The Morgan fingerprint density at radius 1 is 1.21 bits per heavy atom. The summed E-state index contributed by atoms with van der Waals surface area (Å²) < 4.78 is 76.8. The van der Waals surface area contributed by atoms with Crippen molar-refractivity contribution in [2.75, 3.05) is 19.7 Å². The average Bonchev–Trinajstić information content (AvgIpc) is 3.61. The lowest BCUT2D eigenvalue weighted by molar-refractivity contribution is -0.141. The summed E-state index contributed by atoms with van der Waals surface area (Å²) in [6.45, 7) is 0.237. The molecule has 10 nitrogen and oxygen atoms in total. The van der Waals surface area contributed by atoms with Crippen LogP contribution in [-0.4, -0.2) is 59.2 Å². The van der Waals surface area contributed by atoms with Crippen LogP contribution < -0.4 is 4.74 Å². The van der Waals surface area contributed by atoms with E-state index in [1.807, 2.05) is 5.38 Å². The third kappa shape index (κ3) is 7.02. The van der Waals surface area contributed by atoms with E-state index in [1.54, 1.807) is 23.1 Å². The molecule has 2 aliphatic rings. The highest BCUT2D eigenvalue weighted by Gasteiger charge is 2.36. The Kier molecular flexibility index (Phi) is 8.73. The minimum atomic E-state index is -4.64. The first kappa shape index (κ1) is 30.2. The maximum absolute atomic E-state index is 13.1. The minimum Gasteiger partial charge on any atom is -0.467 e. The second kappa shape index (κ2) is 12.1. The number of likely N-dealkylation sites (tertiary alicyclic amines) is 1. The van der Waals surface area contributed by atoms with Gasteiger partial charge in [-0.25, -0.2) is 9.97 Å². The van der Waals surface area contributed by atoms with Gasteiger partial charge in [0.15, 0.2) is 12.7 Å². The van der Waals surface area contributed by atoms with E-state index in [4.69, 9.17) is 26.2 Å². The fourth-order valence-corrected chi connectivity index (χ4v) is 6.84. The zero-order valence-corrected chi connectivity index (χ0v) is 24.1. The maximum atomic E-state index is 13.1. The van der Waals surface area contributed by atoms with Crippen molar-refractivity contribution in [2.45, 2.75) is 43.2 Å². The molecule has 4 heterocycles. The molecule has 1 aromatic carbocycles. The predicted octanol–water partition coefficient (Wildman–Crippen LogP) is 5.25. The Morgan fingerprint density at radius 3 is 2.69 bits per heavy atom. The van der Waals surface area contributed by atoms with Crippen LogP contribution in [0.3, 0.4) is 0 Å². The second-order valence-electron chi connectivity index (χ2n) is 9.74. The standard InChI is InChI=1S/C26H24ClF3N4O6S2/c27-18-5-1-3-16(14-42(36,37)38)23(18)21-11-19(33-40-21)20-13-41-25(32-20)15-6-9-34(10-7-15)22(35)12-39-24-17(26(28,29)30)4-2-8-31-24/h1-5,8,13,15,21H,6-7,9-12,14H2,(H,36,37,38). The number of aromatic nitrogens is 2. The minimum absolute atomic E-state index is 0.0741. The highest BCUT2D eigenvalue weighted by molar-refractivity contribution is 7.85. The fraction of sp³-hybridized carbons (Fsp3) is 0.385. The number of halogens is 4. The van der Waals surface area contributed by atoms with Gasteiger partial charge < -0.3 is 14.5 Å². The quantitative estimate of drug-likeness (QED) is 0.329. The van der Waals surface area contributed by atoms with Gasteiger partial charge >= 0.3 is 6.18 Å². The number of pyridine rings is 1. The van der Waals surface area contributed by atoms with E-state index in [2.05, 4.69) is 10.1 Å². The molecule has 2 aliphatic heterocycles. The summed E-state index contributed by atoms with van der Waals surface area (Å²) in [5.74, 6) is -1.59. The van der Waals surface area contributed by atoms with Crippen molar-refractivity contribution >= 4 is 44.7 Å². The first-order chi connectivity index (χ1) is 19.9. The van der Waals surface area contributed by atoms with Crippen LogP contribution >= 0.6 is 22.9 Å². The van der Waals surface area contributed by atoms with Gasteiger partial charge in [0, 0.05) is 47.6 Å². The van der Waals surface area contributed by atoms with Crippen LogP contribution in [0.15, 0.2) is 47.1 Å². The van der Waals surface area contributed by atoms with Gasteiger partial charge in [0.05, 0.1) is 10.7 Å². The number of nitrogens with zero attached hydrogens (tertiary/aromatic N) is 4. The zero-order chi connectivity index (χ0) is 30.1. The number of hydrogen-bond acceptors (Lipinski definition) is 9. The Balaban J connectivity index is 1.16. The molecule has 1 N–H and O–H groups in total. The number of carbonyl (C=O) groups excluding carboxylic acids is 1. The summed E-state index contributed by atoms with van der Waals surface area (Å²) in [5.41, 5.74) is 0.897. The largest absolute Gasteiger partial charge is 0.467 e. The lowest BCUT2D eigenvalue weighted by Crippen LogP contribution is -2.40. The summed E-state index contributed by atoms with van der Waals surface area (Å²) in [6.07, 6.45) is -2.60. The molecule has 1 atom stereocenters. The van der Waals surface area contributed by atoms with Gasteiger partial charge in [0.1, 0.15) is 17.0 Å². The van der Waals surface area contributed by atoms with Gasteiger partial charge in [0.25, 0.3) is 16.0 Å². The van der Waals surface area contributed by atoms with Crippen LogP contribution in [0, 0.1) is 0 Å². The van der Waals surface area contributed by atoms with Gasteiger partial charge in [-0.1, -0.05) is 28.9 Å². The molecule has 0 bridgehead atoms. The van der Waals surface area contributed by atoms with Gasteiger partial charge in [-0.15, -0.1) is 11.3 Å². The van der Waals surface area contributed by atoms with E-state index < -0.39 is 52.1 Å². The topological polar surface area (TPSA) is 131 Å². The number of oxime groups is 1. The van der Waals surface area contributed by atoms with Crippen molar-refractivity contribution in [1.29, 1.82) is 0 Å². The molecule has 16 heteroatoms. The Bertz CT molecular complexity index is 1610. The van der Waals surface area contributed by atoms with E-state index in [9.17, 15) is 30.9 Å². The number of benzene rings is 1. The normalized spacial score (nSPS) is 18.1. The van der Waals surface area contributed by atoms with Gasteiger partial charge in [-0.3, -0.25) is 9.35 Å².